The Morgan fingerprint density at radius 3 is 2.65 bits per heavy atom. The molecule has 1 aliphatic rings. The van der Waals surface area contributed by atoms with E-state index in [2.05, 4.69) is 21.2 Å². The molecule has 3 aromatic rings. The van der Waals surface area contributed by atoms with Crippen molar-refractivity contribution in [2.45, 2.75) is 20.4 Å². The highest BCUT2D eigenvalue weighted by Gasteiger charge is 2.16. The zero-order valence-electron chi connectivity index (χ0n) is 20.4. The summed E-state index contributed by atoms with van der Waals surface area (Å²) >= 11 is 0. The molecule has 1 heterocycles. The molecule has 190 valence electrons. The number of para-hydroxylation sites is 1. The van der Waals surface area contributed by atoms with E-state index in [-0.39, 0.29) is 25.9 Å². The van der Waals surface area contributed by atoms with Crippen LogP contribution < -0.4 is 30.3 Å². The molecule has 0 aromatic heterocycles. The van der Waals surface area contributed by atoms with Gasteiger partial charge < -0.3 is 24.8 Å². The molecule has 0 saturated heterocycles. The van der Waals surface area contributed by atoms with Crippen LogP contribution in [0.5, 0.6) is 17.2 Å². The first kappa shape index (κ1) is 25.2. The number of fused-ring (bicyclic) bond motifs is 1. The Labute approximate surface area is 213 Å². The maximum absolute atomic E-state index is 12.4. The second-order valence-corrected chi connectivity index (χ2v) is 8.19. The van der Waals surface area contributed by atoms with E-state index < -0.39 is 11.8 Å². The van der Waals surface area contributed by atoms with Crippen LogP contribution in [0, 0.1) is 13.8 Å². The van der Waals surface area contributed by atoms with Crippen LogP contribution in [0.15, 0.2) is 65.8 Å². The number of hydrogen-bond donors (Lipinski definition) is 3. The molecule has 0 aliphatic carbocycles. The summed E-state index contributed by atoms with van der Waals surface area (Å²) in [6, 6.07) is 17.8. The van der Waals surface area contributed by atoms with Gasteiger partial charge in [0, 0.05) is 17.8 Å². The Hall–Kier alpha value is -4.86. The number of anilines is 1. The normalized spacial score (nSPS) is 11.7. The molecule has 1 aliphatic heterocycles. The molecule has 10 heteroatoms. The second kappa shape index (κ2) is 11.7. The van der Waals surface area contributed by atoms with Gasteiger partial charge >= 0.3 is 11.8 Å². The first-order valence-corrected chi connectivity index (χ1v) is 11.5. The third kappa shape index (κ3) is 6.63. The van der Waals surface area contributed by atoms with E-state index in [9.17, 15) is 14.4 Å². The van der Waals surface area contributed by atoms with Gasteiger partial charge in [-0.25, -0.2) is 5.43 Å². The molecule has 0 bridgehead atoms. The van der Waals surface area contributed by atoms with Crippen LogP contribution in [-0.4, -0.2) is 37.3 Å². The van der Waals surface area contributed by atoms with Crippen LogP contribution >= 0.6 is 0 Å². The summed E-state index contributed by atoms with van der Waals surface area (Å²) in [5, 5.41) is 9.19. The average Bonchev–Trinajstić information content (AvgIpc) is 3.37. The number of hydrazone groups is 1. The maximum Gasteiger partial charge on any atom is 0.329 e. The highest BCUT2D eigenvalue weighted by Crippen LogP contribution is 2.32. The molecule has 37 heavy (non-hydrogen) atoms. The lowest BCUT2D eigenvalue weighted by atomic mass is 10.1. The van der Waals surface area contributed by atoms with Crippen LogP contribution in [-0.2, 0) is 20.9 Å². The molecule has 0 atom stereocenters. The molecule has 3 aromatic carbocycles. The highest BCUT2D eigenvalue weighted by atomic mass is 16.7. The molecule has 3 amide bonds. The van der Waals surface area contributed by atoms with Gasteiger partial charge in [-0.1, -0.05) is 30.3 Å². The molecule has 0 radical (unpaired) electrons. The highest BCUT2D eigenvalue weighted by molar-refractivity contribution is 6.35. The molecular formula is C27H26N4O6. The summed E-state index contributed by atoms with van der Waals surface area (Å²) in [5.41, 5.74) is 6.24. The van der Waals surface area contributed by atoms with Crippen molar-refractivity contribution in [1.29, 1.82) is 0 Å². The SMILES string of the molecule is Cc1cccc(NC(=O)COc2ccccc2/C=N\NC(=O)C(=O)NCc2ccc3c(c2)OCO3)c1C. The topological polar surface area (TPSA) is 127 Å². The van der Waals surface area contributed by atoms with E-state index in [4.69, 9.17) is 14.2 Å². The monoisotopic (exact) mass is 502 g/mol. The van der Waals surface area contributed by atoms with E-state index in [1.54, 1.807) is 42.5 Å². The van der Waals surface area contributed by atoms with E-state index >= 15 is 0 Å². The average molecular weight is 503 g/mol. The Morgan fingerprint density at radius 2 is 1.78 bits per heavy atom. The third-order valence-corrected chi connectivity index (χ3v) is 5.62. The summed E-state index contributed by atoms with van der Waals surface area (Å²) in [7, 11) is 0. The molecule has 0 unspecified atom stereocenters. The Balaban J connectivity index is 1.26. The van der Waals surface area contributed by atoms with Gasteiger partial charge in [0.2, 0.25) is 6.79 Å². The van der Waals surface area contributed by atoms with Crippen molar-refractivity contribution >= 4 is 29.6 Å². The van der Waals surface area contributed by atoms with Crippen LogP contribution in [0.2, 0.25) is 0 Å². The number of carbonyl (C=O) groups excluding carboxylic acids is 3. The molecule has 0 saturated carbocycles. The van der Waals surface area contributed by atoms with Crippen LogP contribution in [0.25, 0.3) is 0 Å². The number of nitrogens with zero attached hydrogens (tertiary/aromatic N) is 1. The van der Waals surface area contributed by atoms with E-state index in [0.29, 0.717) is 22.8 Å². The maximum atomic E-state index is 12.4. The van der Waals surface area contributed by atoms with E-state index in [1.165, 1.54) is 6.21 Å². The van der Waals surface area contributed by atoms with Gasteiger partial charge in [0.25, 0.3) is 5.91 Å². The van der Waals surface area contributed by atoms with Crippen LogP contribution in [0.1, 0.15) is 22.3 Å². The number of ether oxygens (including phenoxy) is 3. The van der Waals surface area contributed by atoms with Gasteiger partial charge in [-0.3, -0.25) is 14.4 Å². The lowest BCUT2D eigenvalue weighted by Gasteiger charge is -2.12. The first-order valence-electron chi connectivity index (χ1n) is 11.5. The predicted molar refractivity (Wildman–Crippen MR) is 137 cm³/mol. The summed E-state index contributed by atoms with van der Waals surface area (Å²) in [6.07, 6.45) is 1.33. The van der Waals surface area contributed by atoms with Crippen molar-refractivity contribution in [2.75, 3.05) is 18.7 Å². The van der Waals surface area contributed by atoms with Crippen molar-refractivity contribution in [3.8, 4) is 17.2 Å². The number of amides is 3. The number of rotatable bonds is 8. The largest absolute Gasteiger partial charge is 0.483 e. The van der Waals surface area contributed by atoms with Gasteiger partial charge in [0.1, 0.15) is 5.75 Å². The first-order chi connectivity index (χ1) is 17.9. The van der Waals surface area contributed by atoms with Crippen LogP contribution in [0.4, 0.5) is 5.69 Å². The number of carbonyl (C=O) groups is 3. The zero-order chi connectivity index (χ0) is 26.2. The van der Waals surface area contributed by atoms with Gasteiger partial charge in [-0.15, -0.1) is 0 Å². The van der Waals surface area contributed by atoms with Gasteiger partial charge in [-0.05, 0) is 60.9 Å². The number of nitrogens with one attached hydrogen (secondary N) is 3. The number of hydrogen-bond acceptors (Lipinski definition) is 7. The molecule has 4 rings (SSSR count). The summed E-state index contributed by atoms with van der Waals surface area (Å²) in [5.74, 6) is -0.472. The van der Waals surface area contributed by atoms with Crippen molar-refractivity contribution in [1.82, 2.24) is 10.7 Å². The molecule has 3 N–H and O–H groups in total. The third-order valence-electron chi connectivity index (χ3n) is 5.62. The Morgan fingerprint density at radius 1 is 0.973 bits per heavy atom. The fraction of sp³-hybridized carbons (Fsp3) is 0.185. The standard InChI is InChI=1S/C27H26N4O6/c1-17-6-5-8-21(18(17)2)30-25(32)15-35-22-9-4-3-7-20(22)14-29-31-27(34)26(33)28-13-19-10-11-23-24(12-19)37-16-36-23/h3-12,14H,13,15-16H2,1-2H3,(H,28,33)(H,30,32)(H,31,34)/b29-14-. The van der Waals surface area contributed by atoms with Gasteiger partial charge in [0.05, 0.1) is 6.21 Å². The van der Waals surface area contributed by atoms with Crippen molar-refractivity contribution in [3.05, 3.63) is 82.9 Å². The van der Waals surface area contributed by atoms with Gasteiger partial charge in [-0.2, -0.15) is 5.10 Å². The van der Waals surface area contributed by atoms with E-state index in [0.717, 1.165) is 22.4 Å². The lowest BCUT2D eigenvalue weighted by Crippen LogP contribution is -2.37. The van der Waals surface area contributed by atoms with E-state index in [1.807, 2.05) is 32.0 Å². The minimum Gasteiger partial charge on any atom is -0.483 e. The minimum absolute atomic E-state index is 0.132. The van der Waals surface area contributed by atoms with Gasteiger partial charge in [0.15, 0.2) is 18.1 Å². The summed E-state index contributed by atoms with van der Waals surface area (Å²) < 4.78 is 16.2. The Bertz CT molecular complexity index is 1350. The fourth-order valence-electron chi connectivity index (χ4n) is 3.46. The second-order valence-electron chi connectivity index (χ2n) is 8.19. The fourth-order valence-corrected chi connectivity index (χ4v) is 3.46. The quantitative estimate of drug-likeness (QED) is 0.247. The minimum atomic E-state index is -0.928. The van der Waals surface area contributed by atoms with Crippen LogP contribution in [0.3, 0.4) is 0 Å². The molecule has 0 fully saturated rings. The van der Waals surface area contributed by atoms with Crippen molar-refractivity contribution < 1.29 is 28.6 Å². The molecular weight excluding hydrogens is 476 g/mol. The summed E-state index contributed by atoms with van der Waals surface area (Å²) in [4.78, 5) is 36.6. The molecule has 0 spiro atoms. The number of aryl methyl sites for hydroxylation is 1. The zero-order valence-corrected chi connectivity index (χ0v) is 20.4. The molecule has 10 nitrogen and oxygen atoms in total. The van der Waals surface area contributed by atoms with Crippen molar-refractivity contribution in [3.63, 3.8) is 0 Å². The predicted octanol–water partition coefficient (Wildman–Crippen LogP) is 2.82. The van der Waals surface area contributed by atoms with Crippen molar-refractivity contribution in [2.24, 2.45) is 5.10 Å². The lowest BCUT2D eigenvalue weighted by molar-refractivity contribution is -0.139. The smallest absolute Gasteiger partial charge is 0.329 e. The Kier molecular flexibility index (Phi) is 7.99. The summed E-state index contributed by atoms with van der Waals surface area (Å²) in [6.45, 7) is 3.97. The number of benzene rings is 3.